The molecule has 4 atom stereocenters. The molecule has 2 fully saturated rings. The molecule has 0 saturated heterocycles. The monoisotopic (exact) mass is 1390 g/mol. The lowest BCUT2D eigenvalue weighted by molar-refractivity contribution is 0.353. The van der Waals surface area contributed by atoms with E-state index in [1.54, 1.807) is 0 Å². The molecule has 0 amide bonds. The van der Waals surface area contributed by atoms with Crippen molar-refractivity contribution in [3.63, 3.8) is 0 Å². The zero-order valence-corrected chi connectivity index (χ0v) is 60.2. The van der Waals surface area contributed by atoms with E-state index in [0.29, 0.717) is 5.82 Å². The van der Waals surface area contributed by atoms with Crippen LogP contribution in [-0.4, -0.2) is 29.9 Å². The molecule has 2 saturated carbocycles. The predicted molar refractivity (Wildman–Crippen MR) is 443 cm³/mol. The number of hydrogen-bond donors (Lipinski definition) is 0. The largest absolute Gasteiger partial charge is 0.256 e. The first-order valence-electron chi connectivity index (χ1n) is 38.1. The van der Waals surface area contributed by atoms with Crippen molar-refractivity contribution < 1.29 is 0 Å². The van der Waals surface area contributed by atoms with Gasteiger partial charge in [0, 0.05) is 70.6 Å². The Hall–Kier alpha value is -12.9. The van der Waals surface area contributed by atoms with E-state index in [4.69, 9.17) is 9.97 Å². The molecule has 0 spiro atoms. The highest BCUT2D eigenvalue weighted by molar-refractivity contribution is 5.79. The van der Waals surface area contributed by atoms with Crippen LogP contribution in [-0.2, 0) is 0 Å². The minimum atomic E-state index is 0.236. The van der Waals surface area contributed by atoms with E-state index in [2.05, 4.69) is 348 Å². The summed E-state index contributed by atoms with van der Waals surface area (Å²) >= 11 is 0. The quantitative estimate of drug-likeness (QED) is 0.0904. The Morgan fingerprint density at radius 2 is 0.343 bits per heavy atom. The third kappa shape index (κ3) is 14.0. The van der Waals surface area contributed by atoms with Crippen molar-refractivity contribution in [2.24, 2.45) is 0 Å². The maximum absolute atomic E-state index is 5.22. The molecular weight excluding hydrogens is 1310 g/mol. The van der Waals surface area contributed by atoms with Crippen LogP contribution in [0.3, 0.4) is 0 Å². The van der Waals surface area contributed by atoms with E-state index in [1.807, 2.05) is 49.1 Å². The van der Waals surface area contributed by atoms with Gasteiger partial charge in [-0.3, -0.25) is 19.9 Å². The fourth-order valence-electron chi connectivity index (χ4n) is 17.7. The third-order valence-electron chi connectivity index (χ3n) is 22.9. The van der Waals surface area contributed by atoms with Gasteiger partial charge >= 0.3 is 0 Å². The molecule has 16 aromatic rings. The lowest BCUT2D eigenvalue weighted by atomic mass is 9.66. The summed E-state index contributed by atoms with van der Waals surface area (Å²) in [6.45, 7) is 0. The number of nitrogens with zero attached hydrogens (tertiary/aromatic N) is 6. The normalized spacial score (nSPS) is 17.0. The van der Waals surface area contributed by atoms with Gasteiger partial charge in [0.2, 0.25) is 0 Å². The topological polar surface area (TPSA) is 77.3 Å². The minimum Gasteiger partial charge on any atom is -0.256 e. The van der Waals surface area contributed by atoms with Gasteiger partial charge in [-0.05, 0) is 217 Å². The summed E-state index contributed by atoms with van der Waals surface area (Å²) in [5.41, 5.74) is 32.3. The van der Waals surface area contributed by atoms with E-state index >= 15 is 0 Å². The van der Waals surface area contributed by atoms with E-state index in [-0.39, 0.29) is 35.5 Å². The smallest absolute Gasteiger partial charge is 0.159 e. The summed E-state index contributed by atoms with van der Waals surface area (Å²) in [6, 6.07) is 124. The van der Waals surface area contributed by atoms with Gasteiger partial charge in [-0.15, -0.1) is 0 Å². The Morgan fingerprint density at radius 1 is 0.157 bits per heavy atom. The maximum atomic E-state index is 5.22. The molecule has 6 heteroatoms. The Balaban J connectivity index is 0.648. The lowest BCUT2D eigenvalue weighted by Crippen LogP contribution is -2.21. The van der Waals surface area contributed by atoms with Crippen LogP contribution in [0.1, 0.15) is 107 Å². The number of hydrogen-bond acceptors (Lipinski definition) is 6. The maximum Gasteiger partial charge on any atom is 0.159 e. The molecule has 108 heavy (non-hydrogen) atoms. The Kier molecular flexibility index (Phi) is 19.0. The van der Waals surface area contributed by atoms with Crippen molar-refractivity contribution in [2.75, 3.05) is 0 Å². The fourth-order valence-corrected chi connectivity index (χ4v) is 17.7. The highest BCUT2D eigenvalue weighted by Crippen LogP contribution is 2.55. The summed E-state index contributed by atoms with van der Waals surface area (Å²) in [7, 11) is 0. The highest BCUT2D eigenvalue weighted by Gasteiger charge is 2.37. The number of benzene rings is 11. The molecule has 5 aromatic heterocycles. The van der Waals surface area contributed by atoms with E-state index in [1.165, 1.54) is 94.6 Å². The molecule has 0 radical (unpaired) electrons. The summed E-state index contributed by atoms with van der Waals surface area (Å²) < 4.78 is 0. The second kappa shape index (κ2) is 30.7. The van der Waals surface area contributed by atoms with Crippen molar-refractivity contribution >= 4 is 0 Å². The predicted octanol–water partition coefficient (Wildman–Crippen LogP) is 26.1. The standard InChI is InChI=1S/C102H80N6/c1-6-26-91(86(21-1)69-37-47-74(48-38-69)98-33-13-17-57-103-98)79-61-80(92-27-7-2-22-87(92)70-39-49-75(50-40-70)99-34-14-18-58-104-99)63-81(62-79)95-30-10-5-25-90(95)73-45-55-78(56-46-73)102-107-67-85(68-108-102)97-32-12-11-31-96(97)84-65-82(93-28-8-3-23-88(93)71-41-51-76(52-42-71)100-35-15-19-59-105-100)64-83(66-84)94-29-9-4-24-89(94)72-43-53-77(54-44-72)101-36-16-20-60-106-101/h1-60,67-68,79-84H,61-66H2. The number of rotatable bonds is 17. The molecule has 2 aliphatic rings. The minimum absolute atomic E-state index is 0.236. The zero-order chi connectivity index (χ0) is 72.0. The first-order chi connectivity index (χ1) is 53.5. The van der Waals surface area contributed by atoms with E-state index < -0.39 is 0 Å². The molecule has 0 aliphatic heterocycles. The van der Waals surface area contributed by atoms with Crippen LogP contribution in [0.2, 0.25) is 0 Å². The summed E-state index contributed by atoms with van der Waals surface area (Å²) in [5, 5.41) is 0. The lowest BCUT2D eigenvalue weighted by Gasteiger charge is -2.38. The van der Waals surface area contributed by atoms with Crippen LogP contribution < -0.4 is 0 Å². The SMILES string of the molecule is c1ccc(-c2ccc(-c3ccccc3C3CC(c4ccccc4-c4ccc(-c5ccccn5)cc4)CC(c4ccccc4-c4ccc(-c5ncc(-c6ccccc6C6CC(c7ccccc7-c7ccc(-c8ccccn8)cc7)CC(c7ccccc7-c7ccc(-c8ccccn8)cc7)C6)cn5)cc4)C3)cc2)nc1. The zero-order valence-electron chi connectivity index (χ0n) is 60.2. The molecule has 6 nitrogen and oxygen atoms in total. The van der Waals surface area contributed by atoms with Gasteiger partial charge in [-0.25, -0.2) is 9.97 Å². The van der Waals surface area contributed by atoms with Crippen LogP contribution in [0, 0.1) is 0 Å². The molecule has 18 rings (SSSR count). The molecule has 5 heterocycles. The van der Waals surface area contributed by atoms with Gasteiger partial charge in [-0.1, -0.05) is 291 Å². The summed E-state index contributed by atoms with van der Waals surface area (Å²) in [5.74, 6) is 2.31. The first-order valence-corrected chi connectivity index (χ1v) is 38.1. The van der Waals surface area contributed by atoms with Crippen LogP contribution in [0.15, 0.2) is 377 Å². The average molecular weight is 1390 g/mol. The van der Waals surface area contributed by atoms with Crippen molar-refractivity contribution in [1.29, 1.82) is 0 Å². The molecule has 0 N–H and O–H groups in total. The van der Waals surface area contributed by atoms with Crippen LogP contribution >= 0.6 is 0 Å². The summed E-state index contributed by atoms with van der Waals surface area (Å²) in [6.07, 6.45) is 17.7. The molecule has 518 valence electrons. The molecule has 4 unspecified atom stereocenters. The van der Waals surface area contributed by atoms with Gasteiger partial charge in [0.05, 0.1) is 22.8 Å². The van der Waals surface area contributed by atoms with Gasteiger partial charge in [0.15, 0.2) is 5.82 Å². The summed E-state index contributed by atoms with van der Waals surface area (Å²) in [4.78, 5) is 29.1. The van der Waals surface area contributed by atoms with Crippen molar-refractivity contribution in [2.45, 2.75) is 74.0 Å². The van der Waals surface area contributed by atoms with E-state index in [0.717, 1.165) is 94.7 Å². The van der Waals surface area contributed by atoms with Crippen LogP contribution in [0.4, 0.5) is 0 Å². The van der Waals surface area contributed by atoms with E-state index in [9.17, 15) is 0 Å². The van der Waals surface area contributed by atoms with Gasteiger partial charge in [0.25, 0.3) is 0 Å². The second-order valence-electron chi connectivity index (χ2n) is 29.2. The van der Waals surface area contributed by atoms with Crippen molar-refractivity contribution in [1.82, 2.24) is 29.9 Å². The Labute approximate surface area is 633 Å². The van der Waals surface area contributed by atoms with Gasteiger partial charge in [0.1, 0.15) is 0 Å². The van der Waals surface area contributed by atoms with Crippen molar-refractivity contribution in [3.05, 3.63) is 410 Å². The fraction of sp³-hybridized carbons (Fsp3) is 0.118. The highest BCUT2D eigenvalue weighted by atomic mass is 14.9. The van der Waals surface area contributed by atoms with Gasteiger partial charge < -0.3 is 0 Å². The van der Waals surface area contributed by atoms with Crippen LogP contribution in [0.25, 0.3) is 123 Å². The third-order valence-corrected chi connectivity index (χ3v) is 22.9. The molecule has 0 bridgehead atoms. The first kappa shape index (κ1) is 67.0. The van der Waals surface area contributed by atoms with Crippen LogP contribution in [0.5, 0.6) is 0 Å². The average Bonchev–Trinajstić information content (AvgIpc) is 0.772. The molecule has 11 aromatic carbocycles. The Morgan fingerprint density at radius 3 is 0.556 bits per heavy atom. The molecule has 2 aliphatic carbocycles. The number of aromatic nitrogens is 6. The van der Waals surface area contributed by atoms with Crippen molar-refractivity contribution in [3.8, 4) is 123 Å². The number of pyridine rings is 4. The molecular formula is C102H80N6. The second-order valence-corrected chi connectivity index (χ2v) is 29.2. The Bertz CT molecular complexity index is 5110. The van der Waals surface area contributed by atoms with Gasteiger partial charge in [-0.2, -0.15) is 0 Å².